The second-order valence-corrected chi connectivity index (χ2v) is 6.92. The van der Waals surface area contributed by atoms with Crippen molar-refractivity contribution in [1.82, 2.24) is 5.32 Å². The highest BCUT2D eigenvalue weighted by Gasteiger charge is 2.19. The van der Waals surface area contributed by atoms with Crippen LogP contribution in [0.2, 0.25) is 0 Å². The van der Waals surface area contributed by atoms with Crippen molar-refractivity contribution in [2.24, 2.45) is 0 Å². The first-order valence-corrected chi connectivity index (χ1v) is 8.02. The lowest BCUT2D eigenvalue weighted by atomic mass is 10.3. The molecule has 7 heteroatoms. The Bertz CT molecular complexity index is 692. The Kier molecular flexibility index (Phi) is 4.41. The zero-order chi connectivity index (χ0) is 14.6. The van der Waals surface area contributed by atoms with Crippen LogP contribution in [0.4, 0.5) is 0 Å². The predicted molar refractivity (Wildman–Crippen MR) is 76.1 cm³/mol. The van der Waals surface area contributed by atoms with E-state index in [0.29, 0.717) is 6.54 Å². The van der Waals surface area contributed by atoms with Gasteiger partial charge in [-0.2, -0.15) is 8.42 Å². The molecule has 2 aromatic rings. The first kappa shape index (κ1) is 14.5. The van der Waals surface area contributed by atoms with Crippen molar-refractivity contribution in [1.29, 1.82) is 0 Å². The number of carbonyl (C=O) groups excluding carboxylic acids is 1. The Morgan fingerprint density at radius 1 is 1.20 bits per heavy atom. The van der Waals surface area contributed by atoms with Gasteiger partial charge in [0.1, 0.15) is 5.75 Å². The summed E-state index contributed by atoms with van der Waals surface area (Å²) in [4.78, 5) is 11.6. The molecule has 0 atom stereocenters. The third-order valence-corrected chi connectivity index (χ3v) is 5.13. The minimum atomic E-state index is -3.83. The zero-order valence-electron chi connectivity index (χ0n) is 10.7. The van der Waals surface area contributed by atoms with E-state index in [9.17, 15) is 13.2 Å². The molecular formula is C13H13NO4S2. The van der Waals surface area contributed by atoms with Crippen LogP contribution in [-0.2, 0) is 21.5 Å². The molecule has 1 amide bonds. The van der Waals surface area contributed by atoms with Gasteiger partial charge in [-0.15, -0.1) is 11.3 Å². The number of hydrogen-bond donors (Lipinski definition) is 1. The van der Waals surface area contributed by atoms with E-state index in [-0.39, 0.29) is 15.9 Å². The Morgan fingerprint density at radius 3 is 2.55 bits per heavy atom. The Hall–Kier alpha value is -1.86. The molecule has 1 heterocycles. The number of carbonyl (C=O) groups is 1. The highest BCUT2D eigenvalue weighted by atomic mass is 32.3. The van der Waals surface area contributed by atoms with Crippen molar-refractivity contribution >= 4 is 27.4 Å². The lowest BCUT2D eigenvalue weighted by molar-refractivity contribution is -0.119. The first-order chi connectivity index (χ1) is 9.47. The second-order valence-electron chi connectivity index (χ2n) is 3.98. The number of nitrogens with one attached hydrogen (secondary N) is 1. The summed E-state index contributed by atoms with van der Waals surface area (Å²) < 4.78 is 29.2. The molecule has 0 aliphatic rings. The standard InChI is InChI=1S/C13H13NO4S2/c1-10(15)14-9-12-7-8-13(19-12)20(16,17)18-11-5-3-2-4-6-11/h2-8H,9H2,1H3,(H,14,15). The van der Waals surface area contributed by atoms with E-state index >= 15 is 0 Å². The number of amides is 1. The Balaban J connectivity index is 2.12. The van der Waals surface area contributed by atoms with Gasteiger partial charge in [-0.05, 0) is 24.3 Å². The quantitative estimate of drug-likeness (QED) is 0.859. The molecule has 20 heavy (non-hydrogen) atoms. The minimum Gasteiger partial charge on any atom is -0.378 e. The summed E-state index contributed by atoms with van der Waals surface area (Å²) in [5.41, 5.74) is 0. The van der Waals surface area contributed by atoms with Crippen molar-refractivity contribution in [2.75, 3.05) is 0 Å². The number of thiophene rings is 1. The molecule has 1 aromatic carbocycles. The van der Waals surface area contributed by atoms with Crippen LogP contribution in [-0.4, -0.2) is 14.3 Å². The van der Waals surface area contributed by atoms with Gasteiger partial charge in [0.15, 0.2) is 4.21 Å². The average Bonchev–Trinajstić information content (AvgIpc) is 2.86. The lowest BCUT2D eigenvalue weighted by Gasteiger charge is -2.04. The van der Waals surface area contributed by atoms with Gasteiger partial charge in [0.05, 0.1) is 6.54 Å². The molecule has 106 valence electrons. The molecule has 5 nitrogen and oxygen atoms in total. The predicted octanol–water partition coefficient (Wildman–Crippen LogP) is 2.15. The molecule has 0 unspecified atom stereocenters. The Morgan fingerprint density at radius 2 is 1.90 bits per heavy atom. The Labute approximate surface area is 121 Å². The molecule has 0 bridgehead atoms. The first-order valence-electron chi connectivity index (χ1n) is 5.80. The van der Waals surface area contributed by atoms with Crippen molar-refractivity contribution in [3.8, 4) is 5.75 Å². The molecular weight excluding hydrogens is 298 g/mol. The molecule has 1 aromatic heterocycles. The van der Waals surface area contributed by atoms with Crippen molar-refractivity contribution in [3.63, 3.8) is 0 Å². The van der Waals surface area contributed by atoms with E-state index in [2.05, 4.69) is 5.32 Å². The maximum absolute atomic E-state index is 12.1. The van der Waals surface area contributed by atoms with E-state index in [0.717, 1.165) is 16.2 Å². The molecule has 0 aliphatic heterocycles. The van der Waals surface area contributed by atoms with Crippen LogP contribution < -0.4 is 9.50 Å². The minimum absolute atomic E-state index is 0.113. The molecule has 0 aliphatic carbocycles. The van der Waals surface area contributed by atoms with Crippen LogP contribution in [0.1, 0.15) is 11.8 Å². The fraction of sp³-hybridized carbons (Fsp3) is 0.154. The summed E-state index contributed by atoms with van der Waals surface area (Å²) in [6.45, 7) is 1.71. The zero-order valence-corrected chi connectivity index (χ0v) is 12.3. The maximum atomic E-state index is 12.1. The smallest absolute Gasteiger partial charge is 0.348 e. The summed E-state index contributed by atoms with van der Waals surface area (Å²) in [6, 6.07) is 11.4. The lowest BCUT2D eigenvalue weighted by Crippen LogP contribution is -2.18. The van der Waals surface area contributed by atoms with E-state index in [1.54, 1.807) is 36.4 Å². The monoisotopic (exact) mass is 311 g/mol. The number of para-hydroxylation sites is 1. The molecule has 0 spiro atoms. The molecule has 0 saturated heterocycles. The summed E-state index contributed by atoms with van der Waals surface area (Å²) in [5.74, 6) is 0.104. The fourth-order valence-corrected chi connectivity index (χ4v) is 3.63. The van der Waals surface area contributed by atoms with Crippen molar-refractivity contribution in [2.45, 2.75) is 17.7 Å². The van der Waals surface area contributed by atoms with Gasteiger partial charge in [0, 0.05) is 11.8 Å². The van der Waals surface area contributed by atoms with Crippen LogP contribution in [0, 0.1) is 0 Å². The van der Waals surface area contributed by atoms with Crippen LogP contribution in [0.5, 0.6) is 5.75 Å². The van der Waals surface area contributed by atoms with Gasteiger partial charge < -0.3 is 9.50 Å². The second kappa shape index (κ2) is 6.06. The van der Waals surface area contributed by atoms with E-state index in [1.165, 1.54) is 13.0 Å². The SMILES string of the molecule is CC(=O)NCc1ccc(S(=O)(=O)Oc2ccccc2)s1. The van der Waals surface area contributed by atoms with Gasteiger partial charge in [-0.25, -0.2) is 0 Å². The van der Waals surface area contributed by atoms with E-state index in [4.69, 9.17) is 4.18 Å². The topological polar surface area (TPSA) is 72.5 Å². The van der Waals surface area contributed by atoms with Crippen LogP contribution >= 0.6 is 11.3 Å². The average molecular weight is 311 g/mol. The van der Waals surface area contributed by atoms with Crippen LogP contribution in [0.15, 0.2) is 46.7 Å². The third-order valence-electron chi connectivity index (χ3n) is 2.34. The van der Waals surface area contributed by atoms with Crippen LogP contribution in [0.3, 0.4) is 0 Å². The van der Waals surface area contributed by atoms with E-state index < -0.39 is 10.1 Å². The summed E-state index contributed by atoms with van der Waals surface area (Å²) >= 11 is 1.07. The highest BCUT2D eigenvalue weighted by Crippen LogP contribution is 2.25. The fourth-order valence-electron chi connectivity index (χ4n) is 1.44. The largest absolute Gasteiger partial charge is 0.378 e. The van der Waals surface area contributed by atoms with Crippen molar-refractivity contribution in [3.05, 3.63) is 47.3 Å². The summed E-state index contributed by atoms with van der Waals surface area (Å²) in [6.07, 6.45) is 0. The van der Waals surface area contributed by atoms with Gasteiger partial charge >= 0.3 is 10.1 Å². The van der Waals surface area contributed by atoms with Crippen LogP contribution in [0.25, 0.3) is 0 Å². The summed E-state index contributed by atoms with van der Waals surface area (Å²) in [7, 11) is -3.83. The van der Waals surface area contributed by atoms with Gasteiger partial charge in [-0.1, -0.05) is 18.2 Å². The number of benzene rings is 1. The molecule has 0 saturated carbocycles. The van der Waals surface area contributed by atoms with Gasteiger partial charge in [-0.3, -0.25) is 4.79 Å². The molecule has 2 rings (SSSR count). The molecule has 0 fully saturated rings. The molecule has 0 radical (unpaired) electrons. The van der Waals surface area contributed by atoms with Crippen molar-refractivity contribution < 1.29 is 17.4 Å². The number of rotatable bonds is 5. The normalized spacial score (nSPS) is 11.1. The van der Waals surface area contributed by atoms with E-state index in [1.807, 2.05) is 0 Å². The highest BCUT2D eigenvalue weighted by molar-refractivity contribution is 7.89. The number of hydrogen-bond acceptors (Lipinski definition) is 5. The summed E-state index contributed by atoms with van der Waals surface area (Å²) in [5, 5.41) is 2.61. The third kappa shape index (κ3) is 3.82. The molecule has 1 N–H and O–H groups in total. The van der Waals surface area contributed by atoms with Gasteiger partial charge in [0.2, 0.25) is 5.91 Å². The maximum Gasteiger partial charge on any atom is 0.348 e. The van der Waals surface area contributed by atoms with Gasteiger partial charge in [0.25, 0.3) is 0 Å².